The molecule has 3 rings (SSSR count). The van der Waals surface area contributed by atoms with Crippen molar-refractivity contribution in [3.63, 3.8) is 0 Å². The van der Waals surface area contributed by atoms with Gasteiger partial charge in [-0.05, 0) is 31.6 Å². The van der Waals surface area contributed by atoms with Crippen molar-refractivity contribution in [3.05, 3.63) is 24.0 Å². The van der Waals surface area contributed by atoms with Crippen molar-refractivity contribution in [1.82, 2.24) is 4.90 Å². The number of hydrogen-bond acceptors (Lipinski definition) is 2. The number of hydrogen-bond donors (Lipinski definition) is 0. The summed E-state index contributed by atoms with van der Waals surface area (Å²) < 4.78 is 0. The van der Waals surface area contributed by atoms with Crippen LogP contribution in [0.4, 0.5) is 0 Å². The summed E-state index contributed by atoms with van der Waals surface area (Å²) in [5.41, 5.74) is 1.04. The lowest BCUT2D eigenvalue weighted by molar-refractivity contribution is -0.128. The van der Waals surface area contributed by atoms with Crippen molar-refractivity contribution in [1.29, 1.82) is 0 Å². The lowest BCUT2D eigenvalue weighted by Gasteiger charge is -2.39. The normalized spacial score (nSPS) is 33.5. The van der Waals surface area contributed by atoms with Crippen molar-refractivity contribution < 1.29 is 4.79 Å². The summed E-state index contributed by atoms with van der Waals surface area (Å²) in [6, 6.07) is 0.197. The van der Waals surface area contributed by atoms with E-state index in [2.05, 4.69) is 11.1 Å². The summed E-state index contributed by atoms with van der Waals surface area (Å²) in [5.74, 6) is 0.670. The standard InChI is InChI=1S/C12H14N2O/c15-12-11-4-2-1-3-9(11)7-10-8-13-5-6-14(10)12/h4-6,8-10H,1-3,7H2. The number of rotatable bonds is 0. The number of nitrogens with zero attached hydrogens (tertiary/aromatic N) is 2. The predicted octanol–water partition coefficient (Wildman–Crippen LogP) is 1.87. The quantitative estimate of drug-likeness (QED) is 0.590. The second kappa shape index (κ2) is 3.33. The van der Waals surface area contributed by atoms with Gasteiger partial charge in [0.2, 0.25) is 0 Å². The van der Waals surface area contributed by atoms with E-state index in [1.165, 1.54) is 12.8 Å². The highest BCUT2D eigenvalue weighted by molar-refractivity contribution is 5.98. The van der Waals surface area contributed by atoms with Crippen LogP contribution in [0.2, 0.25) is 0 Å². The van der Waals surface area contributed by atoms with Crippen LogP contribution in [-0.4, -0.2) is 23.1 Å². The van der Waals surface area contributed by atoms with Crippen LogP contribution in [0.5, 0.6) is 0 Å². The molecule has 1 amide bonds. The molecule has 2 unspecified atom stereocenters. The van der Waals surface area contributed by atoms with E-state index in [1.54, 1.807) is 12.4 Å². The molecule has 0 aromatic rings. The number of aliphatic imine (C=N–C) groups is 1. The molecule has 15 heavy (non-hydrogen) atoms. The van der Waals surface area contributed by atoms with Crippen molar-refractivity contribution in [2.45, 2.75) is 31.7 Å². The van der Waals surface area contributed by atoms with E-state index in [0.29, 0.717) is 5.92 Å². The molecule has 3 nitrogen and oxygen atoms in total. The largest absolute Gasteiger partial charge is 0.305 e. The van der Waals surface area contributed by atoms with E-state index in [9.17, 15) is 4.79 Å². The summed E-state index contributed by atoms with van der Waals surface area (Å²) in [4.78, 5) is 18.1. The predicted molar refractivity (Wildman–Crippen MR) is 58.3 cm³/mol. The van der Waals surface area contributed by atoms with Crippen molar-refractivity contribution in [2.75, 3.05) is 0 Å². The molecule has 0 N–H and O–H groups in total. The first-order valence-corrected chi connectivity index (χ1v) is 5.59. The minimum atomic E-state index is 0.193. The Morgan fingerprint density at radius 3 is 3.33 bits per heavy atom. The maximum atomic E-state index is 12.1. The van der Waals surface area contributed by atoms with Crippen LogP contribution in [0.1, 0.15) is 25.7 Å². The molecule has 1 aliphatic carbocycles. The van der Waals surface area contributed by atoms with Crippen LogP contribution in [0, 0.1) is 5.92 Å². The van der Waals surface area contributed by atoms with E-state index in [-0.39, 0.29) is 11.9 Å². The van der Waals surface area contributed by atoms with Crippen LogP contribution in [0.15, 0.2) is 29.0 Å². The van der Waals surface area contributed by atoms with Gasteiger partial charge in [0.1, 0.15) is 0 Å². The van der Waals surface area contributed by atoms with E-state index in [4.69, 9.17) is 0 Å². The fourth-order valence-electron chi connectivity index (χ4n) is 2.73. The zero-order chi connectivity index (χ0) is 10.3. The van der Waals surface area contributed by atoms with Gasteiger partial charge in [-0.2, -0.15) is 0 Å². The van der Waals surface area contributed by atoms with E-state index in [0.717, 1.165) is 18.4 Å². The molecule has 0 radical (unpaired) electrons. The maximum Gasteiger partial charge on any atom is 0.254 e. The molecule has 1 saturated heterocycles. The second-order valence-electron chi connectivity index (χ2n) is 4.40. The van der Waals surface area contributed by atoms with Crippen LogP contribution >= 0.6 is 0 Å². The Bertz CT molecular complexity index is 381. The summed E-state index contributed by atoms with van der Waals surface area (Å²) in [6.45, 7) is 0. The third-order valence-corrected chi connectivity index (χ3v) is 3.50. The number of fused-ring (bicyclic) bond motifs is 2. The van der Waals surface area contributed by atoms with Crippen LogP contribution in [-0.2, 0) is 4.79 Å². The topological polar surface area (TPSA) is 32.7 Å². The lowest BCUT2D eigenvalue weighted by Crippen LogP contribution is -2.47. The van der Waals surface area contributed by atoms with Crippen LogP contribution < -0.4 is 0 Å². The summed E-state index contributed by atoms with van der Waals surface area (Å²) in [5, 5.41) is 0. The summed E-state index contributed by atoms with van der Waals surface area (Å²) in [6.07, 6.45) is 12.0. The SMILES string of the molecule is O=C1C2=CCCCC2CC2C=NC=CN12. The molecule has 2 aliphatic heterocycles. The van der Waals surface area contributed by atoms with Gasteiger partial charge in [0.25, 0.3) is 5.91 Å². The smallest absolute Gasteiger partial charge is 0.254 e. The summed E-state index contributed by atoms with van der Waals surface area (Å²) >= 11 is 0. The van der Waals surface area contributed by atoms with Gasteiger partial charge in [-0.25, -0.2) is 0 Å². The average Bonchev–Trinajstić information content (AvgIpc) is 2.30. The number of carbonyl (C=O) groups is 1. The molecule has 3 heteroatoms. The molecule has 2 atom stereocenters. The highest BCUT2D eigenvalue weighted by atomic mass is 16.2. The van der Waals surface area contributed by atoms with E-state index in [1.807, 2.05) is 11.1 Å². The third-order valence-electron chi connectivity index (χ3n) is 3.50. The van der Waals surface area contributed by atoms with Crippen LogP contribution in [0.25, 0.3) is 0 Å². The van der Waals surface area contributed by atoms with E-state index >= 15 is 0 Å². The van der Waals surface area contributed by atoms with Crippen molar-refractivity contribution in [2.24, 2.45) is 10.9 Å². The fourth-order valence-corrected chi connectivity index (χ4v) is 2.73. The second-order valence-corrected chi connectivity index (χ2v) is 4.40. The Balaban J connectivity index is 1.95. The molecule has 1 fully saturated rings. The van der Waals surface area contributed by atoms with Gasteiger partial charge in [-0.15, -0.1) is 0 Å². The minimum absolute atomic E-state index is 0.193. The van der Waals surface area contributed by atoms with Gasteiger partial charge in [-0.1, -0.05) is 6.08 Å². The summed E-state index contributed by atoms with van der Waals surface area (Å²) in [7, 11) is 0. The highest BCUT2D eigenvalue weighted by Crippen LogP contribution is 2.35. The zero-order valence-corrected chi connectivity index (χ0v) is 8.60. The zero-order valence-electron chi connectivity index (χ0n) is 8.60. The number of allylic oxidation sites excluding steroid dienone is 1. The molecular weight excluding hydrogens is 188 g/mol. The Hall–Kier alpha value is -1.38. The van der Waals surface area contributed by atoms with Gasteiger partial charge < -0.3 is 4.90 Å². The third kappa shape index (κ3) is 1.34. The van der Waals surface area contributed by atoms with Gasteiger partial charge in [0.15, 0.2) is 0 Å². The number of piperidine rings is 1. The van der Waals surface area contributed by atoms with Gasteiger partial charge in [0, 0.05) is 24.2 Å². The molecule has 0 spiro atoms. The Morgan fingerprint density at radius 1 is 1.47 bits per heavy atom. The van der Waals surface area contributed by atoms with Crippen molar-refractivity contribution in [3.8, 4) is 0 Å². The Kier molecular flexibility index (Phi) is 1.97. The first-order valence-electron chi connectivity index (χ1n) is 5.59. The lowest BCUT2D eigenvalue weighted by atomic mass is 9.79. The fraction of sp³-hybridized carbons (Fsp3) is 0.500. The monoisotopic (exact) mass is 202 g/mol. The molecule has 3 aliphatic rings. The molecule has 0 bridgehead atoms. The molecule has 0 saturated carbocycles. The molecule has 78 valence electrons. The van der Waals surface area contributed by atoms with Gasteiger partial charge in [-0.3, -0.25) is 9.79 Å². The molecule has 0 aromatic heterocycles. The molecular formula is C12H14N2O. The first-order chi connectivity index (χ1) is 7.36. The maximum absolute atomic E-state index is 12.1. The minimum Gasteiger partial charge on any atom is -0.305 e. The van der Waals surface area contributed by atoms with Crippen molar-refractivity contribution >= 4 is 12.1 Å². The van der Waals surface area contributed by atoms with Gasteiger partial charge >= 0.3 is 0 Å². The molecule has 0 aromatic carbocycles. The Morgan fingerprint density at radius 2 is 2.40 bits per heavy atom. The Labute approximate surface area is 89.2 Å². The van der Waals surface area contributed by atoms with E-state index < -0.39 is 0 Å². The van der Waals surface area contributed by atoms with Gasteiger partial charge in [0.05, 0.1) is 6.04 Å². The first kappa shape index (κ1) is 8.89. The average molecular weight is 202 g/mol. The molecule has 2 heterocycles. The van der Waals surface area contributed by atoms with Crippen LogP contribution in [0.3, 0.4) is 0 Å². The number of amides is 1. The highest BCUT2D eigenvalue weighted by Gasteiger charge is 2.37. The number of carbonyl (C=O) groups excluding carboxylic acids is 1.